The van der Waals surface area contributed by atoms with Crippen molar-refractivity contribution >= 4 is 55.9 Å². The molecule has 4 aromatic rings. The summed E-state index contributed by atoms with van der Waals surface area (Å²) in [5.74, 6) is 0.352. The number of fused-ring (bicyclic) bond motifs is 1. The van der Waals surface area contributed by atoms with Gasteiger partial charge in [0.05, 0.1) is 10.4 Å². The second-order valence-corrected chi connectivity index (χ2v) is 8.08. The number of hydrogen-bond acceptors (Lipinski definition) is 3. The van der Waals surface area contributed by atoms with Gasteiger partial charge in [0.1, 0.15) is 4.83 Å². The third kappa shape index (κ3) is 3.56. The molecule has 4 rings (SSSR count). The summed E-state index contributed by atoms with van der Waals surface area (Å²) in [6.45, 7) is 2.00. The fourth-order valence-corrected chi connectivity index (χ4v) is 4.35. The highest BCUT2D eigenvalue weighted by atomic mass is 35.5. The predicted octanol–water partition coefficient (Wildman–Crippen LogP) is 6.35. The van der Waals surface area contributed by atoms with Crippen molar-refractivity contribution in [3.8, 4) is 11.1 Å². The van der Waals surface area contributed by atoms with Gasteiger partial charge in [0.15, 0.2) is 5.82 Å². The van der Waals surface area contributed by atoms with Crippen LogP contribution in [0.4, 0.5) is 0 Å². The summed E-state index contributed by atoms with van der Waals surface area (Å²) in [5, 5.41) is 1.62. The molecular formula is C21H14Cl2N2OS. The maximum absolute atomic E-state index is 12.8. The number of nitrogens with zero attached hydrogens (tertiary/aromatic N) is 1. The third-order valence-electron chi connectivity index (χ3n) is 4.19. The minimum atomic E-state index is -0.194. The Hall–Kier alpha value is -2.40. The lowest BCUT2D eigenvalue weighted by molar-refractivity contribution is 1.14. The van der Waals surface area contributed by atoms with Crippen molar-refractivity contribution in [3.63, 3.8) is 0 Å². The zero-order valence-corrected chi connectivity index (χ0v) is 16.6. The first-order valence-electron chi connectivity index (χ1n) is 8.25. The molecule has 27 heavy (non-hydrogen) atoms. The van der Waals surface area contributed by atoms with E-state index in [-0.39, 0.29) is 5.56 Å². The van der Waals surface area contributed by atoms with Crippen LogP contribution in [0.5, 0.6) is 0 Å². The van der Waals surface area contributed by atoms with Crippen molar-refractivity contribution in [2.75, 3.05) is 0 Å². The number of benzene rings is 2. The van der Waals surface area contributed by atoms with Crippen LogP contribution < -0.4 is 5.56 Å². The van der Waals surface area contributed by atoms with E-state index in [0.29, 0.717) is 26.1 Å². The fourth-order valence-electron chi connectivity index (χ4n) is 2.96. The average Bonchev–Trinajstić information content (AvgIpc) is 3.00. The van der Waals surface area contributed by atoms with Gasteiger partial charge in [-0.05, 0) is 36.3 Å². The highest BCUT2D eigenvalue weighted by Crippen LogP contribution is 2.36. The van der Waals surface area contributed by atoms with Crippen LogP contribution >= 0.6 is 34.5 Å². The Morgan fingerprint density at radius 2 is 1.81 bits per heavy atom. The molecule has 0 saturated heterocycles. The van der Waals surface area contributed by atoms with Crippen LogP contribution in [-0.2, 0) is 0 Å². The Morgan fingerprint density at radius 3 is 2.52 bits per heavy atom. The Balaban J connectivity index is 1.84. The molecule has 0 aliphatic carbocycles. The molecule has 0 amide bonds. The van der Waals surface area contributed by atoms with E-state index >= 15 is 0 Å². The second-order valence-electron chi connectivity index (χ2n) is 6.04. The van der Waals surface area contributed by atoms with Gasteiger partial charge in [-0.3, -0.25) is 4.79 Å². The largest absolute Gasteiger partial charge is 0.305 e. The summed E-state index contributed by atoms with van der Waals surface area (Å²) in [7, 11) is 0. The minimum Gasteiger partial charge on any atom is -0.305 e. The van der Waals surface area contributed by atoms with Crippen LogP contribution in [0.1, 0.15) is 16.3 Å². The van der Waals surface area contributed by atoms with Gasteiger partial charge in [-0.2, -0.15) is 0 Å². The minimum absolute atomic E-state index is 0.194. The summed E-state index contributed by atoms with van der Waals surface area (Å²) < 4.78 is 0. The SMILES string of the molecule is Cc1sc2nc(/C(Cl)=C/c3ccc(Cl)cc3)[nH]c(=O)c2c1-c1ccccc1. The molecule has 2 aromatic heterocycles. The van der Waals surface area contributed by atoms with Crippen LogP contribution in [0.25, 0.3) is 32.5 Å². The summed E-state index contributed by atoms with van der Waals surface area (Å²) in [6, 6.07) is 17.1. The monoisotopic (exact) mass is 412 g/mol. The quantitative estimate of drug-likeness (QED) is 0.425. The van der Waals surface area contributed by atoms with Gasteiger partial charge < -0.3 is 4.98 Å². The number of rotatable bonds is 3. The van der Waals surface area contributed by atoms with E-state index in [1.54, 1.807) is 18.2 Å². The van der Waals surface area contributed by atoms with Gasteiger partial charge in [-0.15, -0.1) is 11.3 Å². The molecule has 0 bridgehead atoms. The van der Waals surface area contributed by atoms with E-state index in [0.717, 1.165) is 21.6 Å². The lowest BCUT2D eigenvalue weighted by atomic mass is 10.0. The molecule has 2 heterocycles. The normalized spacial score (nSPS) is 11.9. The number of aromatic nitrogens is 2. The second kappa shape index (κ2) is 7.31. The molecule has 0 aliphatic heterocycles. The van der Waals surface area contributed by atoms with Crippen molar-refractivity contribution in [1.82, 2.24) is 9.97 Å². The Bertz CT molecular complexity index is 1210. The molecule has 0 atom stereocenters. The molecule has 0 aliphatic rings. The molecule has 3 nitrogen and oxygen atoms in total. The van der Waals surface area contributed by atoms with E-state index in [2.05, 4.69) is 9.97 Å². The number of H-pyrrole nitrogens is 1. The van der Waals surface area contributed by atoms with Gasteiger partial charge in [-0.1, -0.05) is 65.7 Å². The van der Waals surface area contributed by atoms with Crippen molar-refractivity contribution in [2.24, 2.45) is 0 Å². The molecule has 2 aromatic carbocycles. The van der Waals surface area contributed by atoms with Crippen LogP contribution in [0.3, 0.4) is 0 Å². The zero-order chi connectivity index (χ0) is 19.0. The van der Waals surface area contributed by atoms with Gasteiger partial charge in [-0.25, -0.2) is 4.98 Å². The lowest BCUT2D eigenvalue weighted by Gasteiger charge is -2.03. The predicted molar refractivity (Wildman–Crippen MR) is 116 cm³/mol. The number of aromatic amines is 1. The number of thiophene rings is 1. The van der Waals surface area contributed by atoms with Crippen LogP contribution in [0.15, 0.2) is 59.4 Å². The van der Waals surface area contributed by atoms with Gasteiger partial charge in [0, 0.05) is 15.5 Å². The Morgan fingerprint density at radius 1 is 1.11 bits per heavy atom. The first-order valence-corrected chi connectivity index (χ1v) is 9.82. The lowest BCUT2D eigenvalue weighted by Crippen LogP contribution is -2.10. The van der Waals surface area contributed by atoms with Crippen molar-refractivity contribution in [2.45, 2.75) is 6.92 Å². The summed E-state index contributed by atoms with van der Waals surface area (Å²) >= 11 is 13.8. The van der Waals surface area contributed by atoms with E-state index in [4.69, 9.17) is 23.2 Å². The molecule has 1 N–H and O–H groups in total. The average molecular weight is 413 g/mol. The summed E-state index contributed by atoms with van der Waals surface area (Å²) in [4.78, 5) is 21.9. The van der Waals surface area contributed by atoms with Gasteiger partial charge in [0.2, 0.25) is 0 Å². The maximum atomic E-state index is 12.8. The Kier molecular flexibility index (Phi) is 4.87. The first kappa shape index (κ1) is 18.0. The highest BCUT2D eigenvalue weighted by molar-refractivity contribution is 7.19. The molecule has 0 fully saturated rings. The summed E-state index contributed by atoms with van der Waals surface area (Å²) in [5.41, 5.74) is 2.61. The zero-order valence-electron chi connectivity index (χ0n) is 14.3. The smallest absolute Gasteiger partial charge is 0.260 e. The number of nitrogens with one attached hydrogen (secondary N) is 1. The topological polar surface area (TPSA) is 45.8 Å². The van der Waals surface area contributed by atoms with Crippen molar-refractivity contribution < 1.29 is 0 Å². The van der Waals surface area contributed by atoms with Gasteiger partial charge in [0.25, 0.3) is 5.56 Å². The molecule has 134 valence electrons. The van der Waals surface area contributed by atoms with Crippen LogP contribution in [0, 0.1) is 6.92 Å². The number of hydrogen-bond donors (Lipinski definition) is 1. The third-order valence-corrected chi connectivity index (χ3v) is 5.73. The number of aryl methyl sites for hydroxylation is 1. The van der Waals surface area contributed by atoms with E-state index in [9.17, 15) is 4.79 Å². The van der Waals surface area contributed by atoms with E-state index in [1.807, 2.05) is 49.4 Å². The maximum Gasteiger partial charge on any atom is 0.260 e. The summed E-state index contributed by atoms with van der Waals surface area (Å²) in [6.07, 6.45) is 1.75. The number of halogens is 2. The molecule has 0 spiro atoms. The fraction of sp³-hybridized carbons (Fsp3) is 0.0476. The molecular weight excluding hydrogens is 399 g/mol. The van der Waals surface area contributed by atoms with Crippen molar-refractivity contribution in [1.29, 1.82) is 0 Å². The van der Waals surface area contributed by atoms with Gasteiger partial charge >= 0.3 is 0 Å². The molecule has 0 radical (unpaired) electrons. The highest BCUT2D eigenvalue weighted by Gasteiger charge is 2.17. The molecule has 6 heteroatoms. The molecule has 0 saturated carbocycles. The standard InChI is InChI=1S/C21H14Cl2N2OS/c1-12-17(14-5-3-2-4-6-14)18-20(26)24-19(25-21(18)27-12)16(23)11-13-7-9-15(22)10-8-13/h2-11H,1H3,(H,24,25,26)/b16-11-. The van der Waals surface area contributed by atoms with Crippen LogP contribution in [0.2, 0.25) is 5.02 Å². The molecule has 0 unspecified atom stereocenters. The Labute approximate surface area is 169 Å². The van der Waals surface area contributed by atoms with Crippen LogP contribution in [-0.4, -0.2) is 9.97 Å². The van der Waals surface area contributed by atoms with E-state index < -0.39 is 0 Å². The van der Waals surface area contributed by atoms with Crippen molar-refractivity contribution in [3.05, 3.63) is 86.2 Å². The van der Waals surface area contributed by atoms with E-state index in [1.165, 1.54) is 11.3 Å². The first-order chi connectivity index (χ1) is 13.0.